The van der Waals surface area contributed by atoms with Gasteiger partial charge in [0.2, 0.25) is 0 Å². The zero-order chi connectivity index (χ0) is 15.7. The van der Waals surface area contributed by atoms with Crippen LogP contribution in [0.1, 0.15) is 25.7 Å². The van der Waals surface area contributed by atoms with Crippen molar-refractivity contribution in [1.29, 1.82) is 0 Å². The van der Waals surface area contributed by atoms with Crippen molar-refractivity contribution < 1.29 is 9.47 Å². The van der Waals surface area contributed by atoms with Gasteiger partial charge in [-0.2, -0.15) is 0 Å². The average molecular weight is 311 g/mol. The topological polar surface area (TPSA) is 21.7 Å². The molecule has 2 aromatic carbocycles. The Balaban J connectivity index is 1.44. The molecule has 2 aromatic rings. The largest absolute Gasteiger partial charge is 0.493 e. The molecule has 0 atom stereocenters. The summed E-state index contributed by atoms with van der Waals surface area (Å²) in [4.78, 5) is 2.54. The van der Waals surface area contributed by atoms with Crippen molar-refractivity contribution in [3.8, 4) is 17.2 Å². The summed E-state index contributed by atoms with van der Waals surface area (Å²) in [7, 11) is 0. The summed E-state index contributed by atoms with van der Waals surface area (Å²) in [5.41, 5.74) is 0. The van der Waals surface area contributed by atoms with E-state index >= 15 is 0 Å². The molecule has 0 radical (unpaired) electrons. The number of benzene rings is 2. The normalized spacial score (nSPS) is 15.3. The highest BCUT2D eigenvalue weighted by atomic mass is 16.5. The van der Waals surface area contributed by atoms with E-state index in [1.807, 2.05) is 54.6 Å². The lowest BCUT2D eigenvalue weighted by atomic mass is 10.1. The van der Waals surface area contributed by atoms with Crippen molar-refractivity contribution in [2.45, 2.75) is 25.7 Å². The Hall–Kier alpha value is -2.00. The summed E-state index contributed by atoms with van der Waals surface area (Å²) in [5, 5.41) is 0. The van der Waals surface area contributed by atoms with E-state index in [-0.39, 0.29) is 0 Å². The second kappa shape index (κ2) is 8.59. The van der Waals surface area contributed by atoms with Gasteiger partial charge in [-0.1, -0.05) is 30.7 Å². The Labute approximate surface area is 138 Å². The van der Waals surface area contributed by atoms with Crippen LogP contribution in [0.15, 0.2) is 54.6 Å². The first kappa shape index (κ1) is 15.9. The minimum Gasteiger partial charge on any atom is -0.493 e. The minimum atomic E-state index is 0.755. The number of rotatable bonds is 7. The highest BCUT2D eigenvalue weighted by Crippen LogP contribution is 2.25. The minimum absolute atomic E-state index is 0.755. The van der Waals surface area contributed by atoms with Crippen LogP contribution in [0, 0.1) is 0 Å². The molecule has 1 aliphatic heterocycles. The number of hydrogen-bond acceptors (Lipinski definition) is 3. The summed E-state index contributed by atoms with van der Waals surface area (Å²) in [6.45, 7) is 4.40. The molecule has 3 rings (SSSR count). The van der Waals surface area contributed by atoms with E-state index in [2.05, 4.69) is 4.90 Å². The fourth-order valence-electron chi connectivity index (χ4n) is 2.91. The van der Waals surface area contributed by atoms with Crippen molar-refractivity contribution in [2.75, 3.05) is 26.2 Å². The van der Waals surface area contributed by atoms with E-state index in [0.29, 0.717) is 0 Å². The van der Waals surface area contributed by atoms with Crippen LogP contribution < -0.4 is 9.47 Å². The summed E-state index contributed by atoms with van der Waals surface area (Å²) in [6, 6.07) is 17.7. The molecule has 0 aliphatic carbocycles. The van der Waals surface area contributed by atoms with Gasteiger partial charge in [0, 0.05) is 12.6 Å². The van der Waals surface area contributed by atoms with Gasteiger partial charge >= 0.3 is 0 Å². The maximum absolute atomic E-state index is 5.87. The fourth-order valence-corrected chi connectivity index (χ4v) is 2.91. The summed E-state index contributed by atoms with van der Waals surface area (Å²) < 4.78 is 11.7. The molecule has 1 saturated heterocycles. The number of likely N-dealkylation sites (tertiary alicyclic amines) is 1. The molecule has 0 aromatic heterocycles. The lowest BCUT2D eigenvalue weighted by Gasteiger charge is -2.26. The van der Waals surface area contributed by atoms with Crippen LogP contribution in [0.3, 0.4) is 0 Å². The van der Waals surface area contributed by atoms with Gasteiger partial charge in [-0.15, -0.1) is 0 Å². The molecule has 3 nitrogen and oxygen atoms in total. The summed E-state index contributed by atoms with van der Waals surface area (Å²) in [6.07, 6.45) is 5.16. The Bertz CT molecular complexity index is 579. The van der Waals surface area contributed by atoms with Crippen LogP contribution >= 0.6 is 0 Å². The van der Waals surface area contributed by atoms with Crippen molar-refractivity contribution in [3.05, 3.63) is 54.6 Å². The van der Waals surface area contributed by atoms with Gasteiger partial charge in [0.15, 0.2) is 0 Å². The second-order valence-electron chi connectivity index (χ2n) is 5.99. The van der Waals surface area contributed by atoms with Gasteiger partial charge < -0.3 is 14.4 Å². The predicted molar refractivity (Wildman–Crippen MR) is 93.4 cm³/mol. The van der Waals surface area contributed by atoms with Crippen LogP contribution in [-0.2, 0) is 0 Å². The van der Waals surface area contributed by atoms with Gasteiger partial charge in [-0.3, -0.25) is 0 Å². The first-order valence-electron chi connectivity index (χ1n) is 8.58. The molecule has 0 amide bonds. The second-order valence-corrected chi connectivity index (χ2v) is 5.99. The Morgan fingerprint density at radius 2 is 1.52 bits per heavy atom. The Kier molecular flexibility index (Phi) is 5.93. The fraction of sp³-hybridized carbons (Fsp3) is 0.400. The van der Waals surface area contributed by atoms with Crippen molar-refractivity contribution in [3.63, 3.8) is 0 Å². The lowest BCUT2D eigenvalue weighted by molar-refractivity contribution is 0.205. The zero-order valence-electron chi connectivity index (χ0n) is 13.6. The van der Waals surface area contributed by atoms with Gasteiger partial charge in [-0.25, -0.2) is 0 Å². The number of ether oxygens (including phenoxy) is 2. The van der Waals surface area contributed by atoms with Gasteiger partial charge in [0.1, 0.15) is 17.2 Å². The van der Waals surface area contributed by atoms with Gasteiger partial charge in [0.25, 0.3) is 0 Å². The average Bonchev–Trinajstić information content (AvgIpc) is 2.61. The third-order valence-corrected chi connectivity index (χ3v) is 4.12. The van der Waals surface area contributed by atoms with Crippen LogP contribution in [0.2, 0.25) is 0 Å². The van der Waals surface area contributed by atoms with E-state index in [1.54, 1.807) is 0 Å². The first-order chi connectivity index (χ1) is 11.4. The van der Waals surface area contributed by atoms with Gasteiger partial charge in [0.05, 0.1) is 6.61 Å². The van der Waals surface area contributed by atoms with E-state index in [1.165, 1.54) is 32.4 Å². The monoisotopic (exact) mass is 311 g/mol. The molecule has 0 N–H and O–H groups in total. The number of para-hydroxylation sites is 1. The summed E-state index contributed by atoms with van der Waals surface area (Å²) in [5.74, 6) is 2.52. The molecule has 0 spiro atoms. The van der Waals surface area contributed by atoms with Crippen LogP contribution in [-0.4, -0.2) is 31.1 Å². The molecule has 122 valence electrons. The predicted octanol–water partition coefficient (Wildman–Crippen LogP) is 4.73. The van der Waals surface area contributed by atoms with Crippen LogP contribution in [0.25, 0.3) is 0 Å². The quantitative estimate of drug-likeness (QED) is 0.690. The lowest BCUT2D eigenvalue weighted by Crippen LogP contribution is -2.31. The van der Waals surface area contributed by atoms with Crippen molar-refractivity contribution in [2.24, 2.45) is 0 Å². The smallest absolute Gasteiger partial charge is 0.131 e. The van der Waals surface area contributed by atoms with Crippen molar-refractivity contribution >= 4 is 0 Å². The van der Waals surface area contributed by atoms with Gasteiger partial charge in [-0.05, 0) is 56.6 Å². The molecule has 0 bridgehead atoms. The Morgan fingerprint density at radius 3 is 2.35 bits per heavy atom. The third kappa shape index (κ3) is 5.29. The molecular weight excluding hydrogens is 286 g/mol. The standard InChI is InChI=1S/C20H25NO2/c1-3-9-18(10-4-1)23-20-12-7-11-19(17-20)22-16-8-15-21-13-5-2-6-14-21/h1,3-4,7,9-12,17H,2,5-6,8,13-16H2. The number of hydrogen-bond donors (Lipinski definition) is 0. The highest BCUT2D eigenvalue weighted by molar-refractivity contribution is 5.36. The molecule has 3 heteroatoms. The van der Waals surface area contributed by atoms with E-state index in [4.69, 9.17) is 9.47 Å². The van der Waals surface area contributed by atoms with E-state index in [0.717, 1.165) is 36.8 Å². The van der Waals surface area contributed by atoms with Crippen LogP contribution in [0.4, 0.5) is 0 Å². The zero-order valence-corrected chi connectivity index (χ0v) is 13.6. The maximum Gasteiger partial charge on any atom is 0.131 e. The number of nitrogens with zero attached hydrogens (tertiary/aromatic N) is 1. The molecule has 1 heterocycles. The molecular formula is C20H25NO2. The third-order valence-electron chi connectivity index (χ3n) is 4.12. The molecule has 1 fully saturated rings. The summed E-state index contributed by atoms with van der Waals surface area (Å²) >= 11 is 0. The Morgan fingerprint density at radius 1 is 0.783 bits per heavy atom. The number of piperidine rings is 1. The van der Waals surface area contributed by atoms with Crippen molar-refractivity contribution in [1.82, 2.24) is 4.90 Å². The molecule has 23 heavy (non-hydrogen) atoms. The molecule has 0 saturated carbocycles. The van der Waals surface area contributed by atoms with Crippen LogP contribution in [0.5, 0.6) is 17.2 Å². The highest BCUT2D eigenvalue weighted by Gasteiger charge is 2.09. The molecule has 1 aliphatic rings. The maximum atomic E-state index is 5.87. The van der Waals surface area contributed by atoms with E-state index < -0.39 is 0 Å². The SMILES string of the molecule is c1ccc(Oc2cccc(OCCCN3CCCCC3)c2)cc1. The first-order valence-corrected chi connectivity index (χ1v) is 8.58. The molecule has 0 unspecified atom stereocenters. The van der Waals surface area contributed by atoms with E-state index in [9.17, 15) is 0 Å².